The van der Waals surface area contributed by atoms with E-state index in [0.29, 0.717) is 6.42 Å². The van der Waals surface area contributed by atoms with Crippen molar-refractivity contribution < 1.29 is 19.1 Å². The molecule has 0 spiro atoms. The number of amides is 1. The van der Waals surface area contributed by atoms with Crippen LogP contribution < -0.4 is 5.32 Å². The van der Waals surface area contributed by atoms with E-state index in [9.17, 15) is 14.4 Å². The number of carbonyl (C=O) groups excluding carboxylic acids is 3. The van der Waals surface area contributed by atoms with E-state index >= 15 is 0 Å². The largest absolute Gasteiger partial charge is 0.393 e. The summed E-state index contributed by atoms with van der Waals surface area (Å²) >= 11 is 0. The van der Waals surface area contributed by atoms with Crippen LogP contribution in [0.5, 0.6) is 0 Å². The van der Waals surface area contributed by atoms with Crippen LogP contribution in [-0.4, -0.2) is 17.8 Å². The lowest BCUT2D eigenvalue weighted by Gasteiger charge is -2.18. The van der Waals surface area contributed by atoms with Gasteiger partial charge >= 0.3 is 11.9 Å². The summed E-state index contributed by atoms with van der Waals surface area (Å²) in [6.45, 7) is 3.53. The second-order valence-electron chi connectivity index (χ2n) is 4.68. The zero-order valence-corrected chi connectivity index (χ0v) is 12.4. The molecule has 0 radical (unpaired) electrons. The van der Waals surface area contributed by atoms with Crippen LogP contribution in [0.3, 0.4) is 0 Å². The molecule has 1 atom stereocenters. The average molecular weight is 291 g/mol. The predicted molar refractivity (Wildman–Crippen MR) is 78.2 cm³/mol. The number of hydrogen-bond donors (Lipinski definition) is 1. The lowest BCUT2D eigenvalue weighted by Crippen LogP contribution is -2.30. The Labute approximate surface area is 124 Å². The topological polar surface area (TPSA) is 72.5 Å². The number of benzene rings is 1. The molecule has 1 amide bonds. The van der Waals surface area contributed by atoms with Gasteiger partial charge in [0.1, 0.15) is 0 Å². The van der Waals surface area contributed by atoms with Gasteiger partial charge < -0.3 is 10.1 Å². The Hall–Kier alpha value is -2.17. The van der Waals surface area contributed by atoms with E-state index in [-0.39, 0.29) is 18.7 Å². The SMILES string of the molecule is CCCC(=O)NC(CC(=O)OC(=O)CC)c1ccccc1. The zero-order valence-electron chi connectivity index (χ0n) is 12.4. The van der Waals surface area contributed by atoms with Crippen LogP contribution in [0.4, 0.5) is 0 Å². The van der Waals surface area contributed by atoms with E-state index in [1.54, 1.807) is 6.92 Å². The molecule has 0 heterocycles. The van der Waals surface area contributed by atoms with Crippen LogP contribution in [0, 0.1) is 0 Å². The van der Waals surface area contributed by atoms with Crippen LogP contribution in [0.25, 0.3) is 0 Å². The van der Waals surface area contributed by atoms with Gasteiger partial charge in [0.05, 0.1) is 12.5 Å². The standard InChI is InChI=1S/C16H21NO4/c1-3-8-14(18)17-13(12-9-6-5-7-10-12)11-16(20)21-15(19)4-2/h5-7,9-10,13H,3-4,8,11H2,1-2H3,(H,17,18). The first-order valence-electron chi connectivity index (χ1n) is 7.14. The van der Waals surface area contributed by atoms with Crippen molar-refractivity contribution in [2.45, 2.75) is 45.6 Å². The summed E-state index contributed by atoms with van der Waals surface area (Å²) in [4.78, 5) is 34.6. The highest BCUT2D eigenvalue weighted by atomic mass is 16.6. The highest BCUT2D eigenvalue weighted by Crippen LogP contribution is 2.17. The van der Waals surface area contributed by atoms with Gasteiger partial charge in [-0.3, -0.25) is 14.4 Å². The third-order valence-corrected chi connectivity index (χ3v) is 2.90. The predicted octanol–water partition coefficient (Wildman–Crippen LogP) is 2.51. The molecule has 0 aromatic heterocycles. The molecular weight excluding hydrogens is 270 g/mol. The van der Waals surface area contributed by atoms with Gasteiger partial charge in [0, 0.05) is 12.8 Å². The maximum Gasteiger partial charge on any atom is 0.315 e. The molecule has 0 saturated heterocycles. The average Bonchev–Trinajstić information content (AvgIpc) is 2.47. The van der Waals surface area contributed by atoms with Gasteiger partial charge in [0.15, 0.2) is 0 Å². The maximum atomic E-state index is 11.8. The van der Waals surface area contributed by atoms with Gasteiger partial charge in [-0.1, -0.05) is 44.2 Å². The number of rotatable bonds is 7. The Morgan fingerprint density at radius 2 is 1.76 bits per heavy atom. The fraction of sp³-hybridized carbons (Fsp3) is 0.438. The smallest absolute Gasteiger partial charge is 0.315 e. The molecule has 1 rings (SSSR count). The fourth-order valence-electron chi connectivity index (χ4n) is 1.84. The summed E-state index contributed by atoms with van der Waals surface area (Å²) < 4.78 is 4.66. The Kier molecular flexibility index (Phi) is 7.15. The van der Waals surface area contributed by atoms with Gasteiger partial charge in [0.2, 0.25) is 5.91 Å². The minimum atomic E-state index is -0.632. The molecule has 1 unspecified atom stereocenters. The molecule has 1 aromatic carbocycles. The number of hydrogen-bond acceptors (Lipinski definition) is 4. The molecular formula is C16H21NO4. The molecule has 5 heteroatoms. The molecule has 0 bridgehead atoms. The summed E-state index contributed by atoms with van der Waals surface area (Å²) in [5.74, 6) is -1.32. The number of ether oxygens (including phenoxy) is 1. The Morgan fingerprint density at radius 1 is 1.10 bits per heavy atom. The molecule has 0 aliphatic heterocycles. The molecule has 0 aliphatic carbocycles. The van der Waals surface area contributed by atoms with Crippen molar-refractivity contribution in [2.75, 3.05) is 0 Å². The Bertz CT molecular complexity index is 484. The Morgan fingerprint density at radius 3 is 2.33 bits per heavy atom. The molecule has 114 valence electrons. The third-order valence-electron chi connectivity index (χ3n) is 2.90. The van der Waals surface area contributed by atoms with E-state index in [4.69, 9.17) is 0 Å². The van der Waals surface area contributed by atoms with E-state index in [1.165, 1.54) is 0 Å². The summed E-state index contributed by atoms with van der Waals surface area (Å²) in [7, 11) is 0. The second-order valence-corrected chi connectivity index (χ2v) is 4.68. The van der Waals surface area contributed by atoms with Crippen molar-refractivity contribution in [3.05, 3.63) is 35.9 Å². The fourth-order valence-corrected chi connectivity index (χ4v) is 1.84. The normalized spacial score (nSPS) is 11.5. The van der Waals surface area contributed by atoms with Crippen molar-refractivity contribution in [3.8, 4) is 0 Å². The van der Waals surface area contributed by atoms with Gasteiger partial charge in [0.25, 0.3) is 0 Å². The molecule has 5 nitrogen and oxygen atoms in total. The minimum absolute atomic E-state index is 0.0643. The van der Waals surface area contributed by atoms with Crippen LogP contribution in [0.2, 0.25) is 0 Å². The molecule has 0 fully saturated rings. The molecule has 1 N–H and O–H groups in total. The first-order valence-corrected chi connectivity index (χ1v) is 7.14. The second kappa shape index (κ2) is 8.89. The zero-order chi connectivity index (χ0) is 15.7. The Balaban J connectivity index is 2.75. The van der Waals surface area contributed by atoms with E-state index in [0.717, 1.165) is 12.0 Å². The molecule has 0 saturated carbocycles. The van der Waals surface area contributed by atoms with E-state index < -0.39 is 18.0 Å². The minimum Gasteiger partial charge on any atom is -0.393 e. The summed E-state index contributed by atoms with van der Waals surface area (Å²) in [6, 6.07) is 8.68. The summed E-state index contributed by atoms with van der Waals surface area (Å²) in [5.41, 5.74) is 0.808. The highest BCUT2D eigenvalue weighted by molar-refractivity contribution is 5.86. The van der Waals surface area contributed by atoms with Gasteiger partial charge in [-0.2, -0.15) is 0 Å². The van der Waals surface area contributed by atoms with Gasteiger partial charge in [-0.25, -0.2) is 0 Å². The third kappa shape index (κ3) is 6.21. The van der Waals surface area contributed by atoms with Crippen molar-refractivity contribution in [1.82, 2.24) is 5.32 Å². The van der Waals surface area contributed by atoms with Crippen molar-refractivity contribution in [1.29, 1.82) is 0 Å². The van der Waals surface area contributed by atoms with E-state index in [1.807, 2.05) is 37.3 Å². The number of esters is 2. The number of carbonyl (C=O) groups is 3. The molecule has 1 aromatic rings. The van der Waals surface area contributed by atoms with Crippen LogP contribution in [0.1, 0.15) is 51.1 Å². The summed E-state index contributed by atoms with van der Waals surface area (Å²) in [6.07, 6.45) is 1.20. The lowest BCUT2D eigenvalue weighted by molar-refractivity contribution is -0.159. The first-order chi connectivity index (χ1) is 10.1. The van der Waals surface area contributed by atoms with Crippen LogP contribution in [-0.2, 0) is 19.1 Å². The van der Waals surface area contributed by atoms with Crippen molar-refractivity contribution >= 4 is 17.8 Å². The maximum absolute atomic E-state index is 11.8. The lowest BCUT2D eigenvalue weighted by atomic mass is 10.0. The van der Waals surface area contributed by atoms with Gasteiger partial charge in [-0.05, 0) is 12.0 Å². The van der Waals surface area contributed by atoms with Crippen LogP contribution in [0.15, 0.2) is 30.3 Å². The molecule has 0 aliphatic rings. The van der Waals surface area contributed by atoms with E-state index in [2.05, 4.69) is 10.1 Å². The van der Waals surface area contributed by atoms with Gasteiger partial charge in [-0.15, -0.1) is 0 Å². The monoisotopic (exact) mass is 291 g/mol. The molecule has 21 heavy (non-hydrogen) atoms. The number of nitrogens with one attached hydrogen (secondary N) is 1. The van der Waals surface area contributed by atoms with Crippen molar-refractivity contribution in [3.63, 3.8) is 0 Å². The van der Waals surface area contributed by atoms with Crippen LogP contribution >= 0.6 is 0 Å². The summed E-state index contributed by atoms with van der Waals surface area (Å²) in [5, 5.41) is 2.81. The first kappa shape index (κ1) is 16.9. The highest BCUT2D eigenvalue weighted by Gasteiger charge is 2.20. The van der Waals surface area contributed by atoms with Crippen molar-refractivity contribution in [2.24, 2.45) is 0 Å². The quantitative estimate of drug-likeness (QED) is 0.619.